The van der Waals surface area contributed by atoms with Crippen molar-refractivity contribution in [3.63, 3.8) is 0 Å². The molecule has 0 N–H and O–H groups in total. The predicted molar refractivity (Wildman–Crippen MR) is 109 cm³/mol. The van der Waals surface area contributed by atoms with Crippen LogP contribution in [0.4, 0.5) is 10.1 Å². The van der Waals surface area contributed by atoms with Crippen LogP contribution in [0.1, 0.15) is 31.7 Å². The average molecular weight is 394 g/mol. The summed E-state index contributed by atoms with van der Waals surface area (Å²) in [6.07, 6.45) is 2.81. The first-order valence-corrected chi connectivity index (χ1v) is 9.97. The smallest absolute Gasteiger partial charge is 0.282 e. The lowest BCUT2D eigenvalue weighted by Gasteiger charge is -2.20. The van der Waals surface area contributed by atoms with E-state index in [1.165, 1.54) is 17.0 Å². The highest BCUT2D eigenvalue weighted by Crippen LogP contribution is 2.37. The maximum Gasteiger partial charge on any atom is 0.282 e. The van der Waals surface area contributed by atoms with Gasteiger partial charge < -0.3 is 9.64 Å². The maximum atomic E-state index is 13.4. The zero-order valence-corrected chi connectivity index (χ0v) is 16.4. The van der Waals surface area contributed by atoms with Crippen LogP contribution >= 0.6 is 0 Å². The molecule has 29 heavy (non-hydrogen) atoms. The number of carbonyl (C=O) groups excluding carboxylic acids is 2. The number of hydrogen-bond donors (Lipinski definition) is 0. The molecule has 4 rings (SSSR count). The second-order valence-corrected chi connectivity index (χ2v) is 7.22. The van der Waals surface area contributed by atoms with E-state index in [-0.39, 0.29) is 11.7 Å². The van der Waals surface area contributed by atoms with Crippen LogP contribution in [0.15, 0.2) is 54.2 Å². The van der Waals surface area contributed by atoms with Gasteiger partial charge in [-0.15, -0.1) is 0 Å². The molecular weight excluding hydrogens is 371 g/mol. The summed E-state index contributed by atoms with van der Waals surface area (Å²) in [7, 11) is 0. The summed E-state index contributed by atoms with van der Waals surface area (Å²) >= 11 is 0. The van der Waals surface area contributed by atoms with Crippen LogP contribution in [-0.2, 0) is 9.59 Å². The molecule has 2 amide bonds. The molecule has 1 saturated heterocycles. The number of nitrogens with zero attached hydrogens (tertiary/aromatic N) is 2. The predicted octanol–water partition coefficient (Wildman–Crippen LogP) is 3.99. The van der Waals surface area contributed by atoms with E-state index in [0.717, 1.165) is 32.4 Å². The first kappa shape index (κ1) is 19.2. The molecule has 0 spiro atoms. The van der Waals surface area contributed by atoms with E-state index >= 15 is 0 Å². The summed E-state index contributed by atoms with van der Waals surface area (Å²) in [4.78, 5) is 29.9. The summed E-state index contributed by atoms with van der Waals surface area (Å²) in [5.74, 6) is -0.505. The first-order chi connectivity index (χ1) is 14.1. The monoisotopic (exact) mass is 394 g/mol. The number of likely N-dealkylation sites (tertiary alicyclic amines) is 1. The third-order valence-electron chi connectivity index (χ3n) is 5.16. The van der Waals surface area contributed by atoms with Gasteiger partial charge in [0.25, 0.3) is 11.8 Å². The molecular formula is C23H23FN2O3. The average Bonchev–Trinajstić information content (AvgIpc) is 3.33. The van der Waals surface area contributed by atoms with Gasteiger partial charge in [-0.3, -0.25) is 9.59 Å². The Morgan fingerprint density at radius 1 is 1.00 bits per heavy atom. The molecule has 2 aliphatic heterocycles. The van der Waals surface area contributed by atoms with Gasteiger partial charge in [0, 0.05) is 19.2 Å². The quantitative estimate of drug-likeness (QED) is 0.695. The number of anilines is 1. The number of imide groups is 1. The van der Waals surface area contributed by atoms with Crippen molar-refractivity contribution in [3.05, 3.63) is 65.6 Å². The molecule has 0 saturated carbocycles. The van der Waals surface area contributed by atoms with Crippen molar-refractivity contribution in [2.75, 3.05) is 24.6 Å². The molecule has 0 radical (unpaired) electrons. The molecule has 0 unspecified atom stereocenters. The van der Waals surface area contributed by atoms with Gasteiger partial charge in [0.05, 0.1) is 17.9 Å². The fourth-order valence-electron chi connectivity index (χ4n) is 3.80. The number of amides is 2. The van der Waals surface area contributed by atoms with Crippen molar-refractivity contribution < 1.29 is 18.7 Å². The van der Waals surface area contributed by atoms with E-state index in [1.54, 1.807) is 36.4 Å². The Morgan fingerprint density at radius 2 is 1.72 bits per heavy atom. The van der Waals surface area contributed by atoms with E-state index in [2.05, 4.69) is 0 Å². The largest absolute Gasteiger partial charge is 0.494 e. The van der Waals surface area contributed by atoms with Crippen LogP contribution in [0.3, 0.4) is 0 Å². The van der Waals surface area contributed by atoms with Gasteiger partial charge in [0.2, 0.25) is 0 Å². The molecule has 0 atom stereocenters. The molecule has 0 aromatic heterocycles. The van der Waals surface area contributed by atoms with E-state index in [0.29, 0.717) is 34.9 Å². The van der Waals surface area contributed by atoms with Crippen molar-refractivity contribution in [2.24, 2.45) is 0 Å². The van der Waals surface area contributed by atoms with Crippen LogP contribution in [-0.4, -0.2) is 36.4 Å². The summed E-state index contributed by atoms with van der Waals surface area (Å²) in [6.45, 7) is 4.03. The summed E-state index contributed by atoms with van der Waals surface area (Å²) < 4.78 is 19.1. The fraction of sp³-hybridized carbons (Fsp3) is 0.304. The topological polar surface area (TPSA) is 49.9 Å². The standard InChI is InChI=1S/C23H23FN2O3/c1-2-14-29-19-7-5-6-18(15-19)26-22(27)20(16-8-10-17(24)11-9-16)21(23(26)28)25-12-3-4-13-25/h5-11,15H,2-4,12-14H2,1H3. The van der Waals surface area contributed by atoms with E-state index < -0.39 is 5.91 Å². The lowest BCUT2D eigenvalue weighted by Crippen LogP contribution is -2.34. The molecule has 0 aliphatic carbocycles. The highest BCUT2D eigenvalue weighted by atomic mass is 19.1. The Morgan fingerprint density at radius 3 is 2.41 bits per heavy atom. The van der Waals surface area contributed by atoms with E-state index in [4.69, 9.17) is 4.74 Å². The number of ether oxygens (including phenoxy) is 1. The van der Waals surface area contributed by atoms with Crippen LogP contribution in [0.5, 0.6) is 5.75 Å². The number of carbonyl (C=O) groups is 2. The zero-order valence-electron chi connectivity index (χ0n) is 16.4. The van der Waals surface area contributed by atoms with Gasteiger partial charge in [0.1, 0.15) is 17.3 Å². The minimum atomic E-state index is -0.392. The highest BCUT2D eigenvalue weighted by Gasteiger charge is 2.43. The van der Waals surface area contributed by atoms with Gasteiger partial charge in [-0.1, -0.05) is 25.1 Å². The molecule has 2 aromatic rings. The van der Waals surface area contributed by atoms with Crippen LogP contribution in [0.25, 0.3) is 5.57 Å². The third kappa shape index (κ3) is 3.62. The maximum absolute atomic E-state index is 13.4. The summed E-state index contributed by atoms with van der Waals surface area (Å²) in [5.41, 5.74) is 1.76. The van der Waals surface area contributed by atoms with Gasteiger partial charge in [-0.25, -0.2) is 9.29 Å². The minimum absolute atomic E-state index is 0.330. The van der Waals surface area contributed by atoms with Gasteiger partial charge in [-0.2, -0.15) is 0 Å². The Bertz CT molecular complexity index is 962. The molecule has 0 bridgehead atoms. The Hall–Kier alpha value is -3.15. The van der Waals surface area contributed by atoms with Gasteiger partial charge >= 0.3 is 0 Å². The zero-order chi connectivity index (χ0) is 20.4. The van der Waals surface area contributed by atoms with Crippen molar-refractivity contribution >= 4 is 23.1 Å². The van der Waals surface area contributed by atoms with Crippen LogP contribution in [0.2, 0.25) is 0 Å². The molecule has 2 aliphatic rings. The van der Waals surface area contributed by atoms with Gasteiger partial charge in [-0.05, 0) is 49.1 Å². The SMILES string of the molecule is CCCOc1cccc(N2C(=O)C(c3ccc(F)cc3)=C(N3CCCC3)C2=O)c1. The number of rotatable bonds is 6. The third-order valence-corrected chi connectivity index (χ3v) is 5.16. The lowest BCUT2D eigenvalue weighted by atomic mass is 10.0. The molecule has 150 valence electrons. The lowest BCUT2D eigenvalue weighted by molar-refractivity contribution is -0.120. The van der Waals surface area contributed by atoms with Crippen molar-refractivity contribution in [1.29, 1.82) is 0 Å². The Labute approximate surface area is 169 Å². The summed E-state index contributed by atoms with van der Waals surface area (Å²) in [5, 5.41) is 0. The second-order valence-electron chi connectivity index (χ2n) is 7.22. The van der Waals surface area contributed by atoms with Crippen LogP contribution < -0.4 is 9.64 Å². The first-order valence-electron chi connectivity index (χ1n) is 9.97. The van der Waals surface area contributed by atoms with Crippen molar-refractivity contribution in [3.8, 4) is 5.75 Å². The highest BCUT2D eigenvalue weighted by molar-refractivity contribution is 6.45. The Balaban J connectivity index is 1.75. The number of benzene rings is 2. The molecule has 6 heteroatoms. The summed E-state index contributed by atoms with van der Waals surface area (Å²) in [6, 6.07) is 12.7. The normalized spacial score (nSPS) is 16.9. The Kier molecular flexibility index (Phi) is 5.34. The molecule has 5 nitrogen and oxygen atoms in total. The molecule has 2 heterocycles. The van der Waals surface area contributed by atoms with Crippen LogP contribution in [0, 0.1) is 5.82 Å². The number of hydrogen-bond acceptors (Lipinski definition) is 4. The molecule has 2 aromatic carbocycles. The minimum Gasteiger partial charge on any atom is -0.494 e. The van der Waals surface area contributed by atoms with E-state index in [1.807, 2.05) is 11.8 Å². The van der Waals surface area contributed by atoms with Crippen molar-refractivity contribution in [2.45, 2.75) is 26.2 Å². The fourth-order valence-corrected chi connectivity index (χ4v) is 3.80. The molecule has 1 fully saturated rings. The van der Waals surface area contributed by atoms with Crippen molar-refractivity contribution in [1.82, 2.24) is 4.90 Å². The van der Waals surface area contributed by atoms with Gasteiger partial charge in [0.15, 0.2) is 0 Å². The number of halogens is 1. The second kappa shape index (κ2) is 8.07. The van der Waals surface area contributed by atoms with E-state index in [9.17, 15) is 14.0 Å².